The second kappa shape index (κ2) is 6.81. The van der Waals surface area contributed by atoms with Crippen LogP contribution in [0.25, 0.3) is 0 Å². The van der Waals surface area contributed by atoms with Crippen LogP contribution in [0.3, 0.4) is 0 Å². The SMILES string of the molecule is COC(=O)c1nc(NCC2CCOCC2)sc1C(C)=O. The van der Waals surface area contributed by atoms with Crippen LogP contribution in [0, 0.1) is 5.92 Å². The minimum absolute atomic E-state index is 0.0967. The maximum atomic E-state index is 11.6. The molecule has 1 aromatic heterocycles. The predicted octanol–water partition coefficient (Wildman–Crippen LogP) is 1.97. The number of carbonyl (C=O) groups is 2. The Morgan fingerprint density at radius 2 is 2.15 bits per heavy atom. The van der Waals surface area contributed by atoms with Crippen LogP contribution in [0.1, 0.15) is 39.9 Å². The summed E-state index contributed by atoms with van der Waals surface area (Å²) in [4.78, 5) is 27.6. The number of methoxy groups -OCH3 is 1. The molecule has 20 heavy (non-hydrogen) atoms. The van der Waals surface area contributed by atoms with Crippen molar-refractivity contribution in [1.29, 1.82) is 0 Å². The third-order valence-electron chi connectivity index (χ3n) is 3.21. The molecule has 0 atom stereocenters. The van der Waals surface area contributed by atoms with Crippen molar-refractivity contribution in [3.8, 4) is 0 Å². The average Bonchev–Trinajstić information content (AvgIpc) is 2.90. The Morgan fingerprint density at radius 3 is 2.75 bits per heavy atom. The van der Waals surface area contributed by atoms with E-state index < -0.39 is 5.97 Å². The summed E-state index contributed by atoms with van der Waals surface area (Å²) in [5.41, 5.74) is 0.0967. The number of ether oxygens (including phenoxy) is 2. The van der Waals surface area contributed by atoms with Gasteiger partial charge in [-0.25, -0.2) is 9.78 Å². The number of carbonyl (C=O) groups excluding carboxylic acids is 2. The van der Waals surface area contributed by atoms with E-state index in [4.69, 9.17) is 4.74 Å². The second-order valence-electron chi connectivity index (χ2n) is 4.68. The fourth-order valence-corrected chi connectivity index (χ4v) is 2.91. The number of nitrogens with one attached hydrogen (secondary N) is 1. The topological polar surface area (TPSA) is 77.5 Å². The van der Waals surface area contributed by atoms with Gasteiger partial charge in [0.1, 0.15) is 4.88 Å². The van der Waals surface area contributed by atoms with Gasteiger partial charge in [-0.05, 0) is 18.8 Å². The summed E-state index contributed by atoms with van der Waals surface area (Å²) >= 11 is 1.20. The van der Waals surface area contributed by atoms with Crippen molar-refractivity contribution in [1.82, 2.24) is 4.98 Å². The number of hydrogen-bond acceptors (Lipinski definition) is 7. The highest BCUT2D eigenvalue weighted by Gasteiger charge is 2.22. The molecule has 0 saturated carbocycles. The molecule has 2 heterocycles. The van der Waals surface area contributed by atoms with Crippen molar-refractivity contribution in [2.24, 2.45) is 5.92 Å². The second-order valence-corrected chi connectivity index (χ2v) is 5.68. The zero-order valence-electron chi connectivity index (χ0n) is 11.6. The molecule has 1 N–H and O–H groups in total. The van der Waals surface area contributed by atoms with Crippen LogP contribution < -0.4 is 5.32 Å². The standard InChI is InChI=1S/C13H18N2O4S/c1-8(16)11-10(12(17)18-2)15-13(20-11)14-7-9-3-5-19-6-4-9/h9H,3-7H2,1-2H3,(H,14,15). The van der Waals surface area contributed by atoms with Gasteiger partial charge in [-0.1, -0.05) is 11.3 Å². The molecular formula is C13H18N2O4S. The molecule has 1 aliphatic rings. The minimum atomic E-state index is -0.578. The third kappa shape index (κ3) is 3.55. The molecular weight excluding hydrogens is 280 g/mol. The lowest BCUT2D eigenvalue weighted by atomic mass is 10.0. The molecule has 0 radical (unpaired) electrons. The van der Waals surface area contributed by atoms with Gasteiger partial charge < -0.3 is 14.8 Å². The van der Waals surface area contributed by atoms with Crippen LogP contribution in [-0.2, 0) is 9.47 Å². The summed E-state index contributed by atoms with van der Waals surface area (Å²) < 4.78 is 9.95. The number of rotatable bonds is 5. The van der Waals surface area contributed by atoms with Crippen LogP contribution >= 0.6 is 11.3 Å². The largest absolute Gasteiger partial charge is 0.464 e. The van der Waals surface area contributed by atoms with Gasteiger partial charge in [-0.2, -0.15) is 0 Å². The van der Waals surface area contributed by atoms with E-state index in [1.807, 2.05) is 0 Å². The van der Waals surface area contributed by atoms with Crippen LogP contribution in [0.15, 0.2) is 0 Å². The lowest BCUT2D eigenvalue weighted by Crippen LogP contribution is -2.22. The first-order valence-corrected chi connectivity index (χ1v) is 7.35. The van der Waals surface area contributed by atoms with E-state index in [0.717, 1.165) is 32.6 Å². The van der Waals surface area contributed by atoms with Gasteiger partial charge >= 0.3 is 5.97 Å². The highest BCUT2D eigenvalue weighted by molar-refractivity contribution is 7.17. The average molecular weight is 298 g/mol. The molecule has 0 aromatic carbocycles. The Hall–Kier alpha value is -1.47. The third-order valence-corrected chi connectivity index (χ3v) is 4.32. The number of esters is 1. The molecule has 1 saturated heterocycles. The Morgan fingerprint density at radius 1 is 1.45 bits per heavy atom. The van der Waals surface area contributed by atoms with Crippen LogP contribution in [-0.4, -0.2) is 43.6 Å². The number of aromatic nitrogens is 1. The number of ketones is 1. The highest BCUT2D eigenvalue weighted by Crippen LogP contribution is 2.25. The van der Waals surface area contributed by atoms with E-state index in [1.165, 1.54) is 25.4 Å². The van der Waals surface area contributed by atoms with Crippen LogP contribution in [0.4, 0.5) is 5.13 Å². The van der Waals surface area contributed by atoms with Gasteiger partial charge in [0.05, 0.1) is 7.11 Å². The summed E-state index contributed by atoms with van der Waals surface area (Å²) in [6.07, 6.45) is 2.03. The van der Waals surface area contributed by atoms with E-state index >= 15 is 0 Å². The first-order chi connectivity index (χ1) is 9.61. The first kappa shape index (κ1) is 14.9. The monoisotopic (exact) mass is 298 g/mol. The fourth-order valence-electron chi connectivity index (χ4n) is 2.05. The molecule has 0 aliphatic carbocycles. The van der Waals surface area contributed by atoms with E-state index in [2.05, 4.69) is 15.0 Å². The van der Waals surface area contributed by atoms with Gasteiger partial charge in [0.15, 0.2) is 16.6 Å². The molecule has 0 amide bonds. The van der Waals surface area contributed by atoms with E-state index in [-0.39, 0.29) is 11.5 Å². The summed E-state index contributed by atoms with van der Waals surface area (Å²) in [6, 6.07) is 0. The van der Waals surface area contributed by atoms with Crippen molar-refractivity contribution in [3.05, 3.63) is 10.6 Å². The summed E-state index contributed by atoms with van der Waals surface area (Å²) in [5, 5.41) is 3.79. The molecule has 0 bridgehead atoms. The van der Waals surface area contributed by atoms with Crippen LogP contribution in [0.2, 0.25) is 0 Å². The quantitative estimate of drug-likeness (QED) is 0.661. The summed E-state index contributed by atoms with van der Waals surface area (Å²) in [5.74, 6) is -0.220. The van der Waals surface area contributed by atoms with Gasteiger partial charge in [0.25, 0.3) is 0 Å². The maximum absolute atomic E-state index is 11.6. The van der Waals surface area contributed by atoms with Gasteiger partial charge in [0.2, 0.25) is 0 Å². The van der Waals surface area contributed by atoms with Gasteiger partial charge in [0, 0.05) is 26.7 Å². The normalized spacial score (nSPS) is 15.9. The molecule has 2 rings (SSSR count). The lowest BCUT2D eigenvalue weighted by molar-refractivity contribution is 0.0591. The predicted molar refractivity (Wildman–Crippen MR) is 75.5 cm³/mol. The minimum Gasteiger partial charge on any atom is -0.464 e. The first-order valence-electron chi connectivity index (χ1n) is 6.53. The number of hydrogen-bond donors (Lipinski definition) is 1. The van der Waals surface area contributed by atoms with Crippen molar-refractivity contribution < 1.29 is 19.1 Å². The molecule has 7 heteroatoms. The molecule has 6 nitrogen and oxygen atoms in total. The van der Waals surface area contributed by atoms with Crippen molar-refractivity contribution in [2.75, 3.05) is 32.2 Å². The Labute approximate surface area is 121 Å². The number of nitrogens with zero attached hydrogens (tertiary/aromatic N) is 1. The van der Waals surface area contributed by atoms with Gasteiger partial charge in [-0.15, -0.1) is 0 Å². The van der Waals surface area contributed by atoms with Crippen molar-refractivity contribution >= 4 is 28.2 Å². The van der Waals surface area contributed by atoms with Crippen LogP contribution in [0.5, 0.6) is 0 Å². The smallest absolute Gasteiger partial charge is 0.358 e. The van der Waals surface area contributed by atoms with Crippen molar-refractivity contribution in [3.63, 3.8) is 0 Å². The maximum Gasteiger partial charge on any atom is 0.358 e. The van der Waals surface area contributed by atoms with E-state index in [1.54, 1.807) is 0 Å². The number of Topliss-reactive ketones (excluding diaryl/α,β-unsaturated/α-hetero) is 1. The van der Waals surface area contributed by atoms with Gasteiger partial charge in [-0.3, -0.25) is 4.79 Å². The lowest BCUT2D eigenvalue weighted by Gasteiger charge is -2.21. The zero-order chi connectivity index (χ0) is 14.5. The van der Waals surface area contributed by atoms with E-state index in [9.17, 15) is 9.59 Å². The Bertz CT molecular complexity index is 495. The fraction of sp³-hybridized carbons (Fsp3) is 0.615. The number of anilines is 1. The summed E-state index contributed by atoms with van der Waals surface area (Å²) in [7, 11) is 1.28. The highest BCUT2D eigenvalue weighted by atomic mass is 32.1. The van der Waals surface area contributed by atoms with Crippen molar-refractivity contribution in [2.45, 2.75) is 19.8 Å². The molecule has 1 aliphatic heterocycles. The number of thiazole rings is 1. The zero-order valence-corrected chi connectivity index (χ0v) is 12.4. The molecule has 1 aromatic rings. The molecule has 0 spiro atoms. The molecule has 0 unspecified atom stereocenters. The van der Waals surface area contributed by atoms with E-state index in [0.29, 0.717) is 15.9 Å². The Kier molecular flexibility index (Phi) is 5.08. The summed E-state index contributed by atoms with van der Waals surface area (Å²) in [6.45, 7) is 3.77. The Balaban J connectivity index is 2.04. The molecule has 1 fully saturated rings. The molecule has 110 valence electrons.